The first-order valence-corrected chi connectivity index (χ1v) is 10.9. The van der Waals surface area contributed by atoms with Crippen LogP contribution in [-0.4, -0.2) is 12.1 Å². The molecule has 0 saturated heterocycles. The molecule has 5 rings (SSSR count). The number of ketones is 1. The molecule has 4 aromatic rings. The molecule has 2 atom stereocenters. The Bertz CT molecular complexity index is 1320. The van der Waals surface area contributed by atoms with Crippen LogP contribution in [0.4, 0.5) is 0 Å². The topological polar surface area (TPSA) is 43.4 Å². The summed E-state index contributed by atoms with van der Waals surface area (Å²) >= 11 is 0. The molecule has 0 spiro atoms. The van der Waals surface area contributed by atoms with Gasteiger partial charge >= 0.3 is 0 Å². The number of carbonyl (C=O) groups excluding carboxylic acids is 2. The summed E-state index contributed by atoms with van der Waals surface area (Å²) in [6.45, 7) is 0. The van der Waals surface area contributed by atoms with Gasteiger partial charge in [0.1, 0.15) is 18.1 Å². The lowest BCUT2D eigenvalue weighted by atomic mass is 9.79. The van der Waals surface area contributed by atoms with Crippen LogP contribution in [0.5, 0.6) is 0 Å². The molecule has 0 bridgehead atoms. The normalized spacial score (nSPS) is 15.5. The Kier molecular flexibility index (Phi) is 5.69. The minimum absolute atomic E-state index is 0.0842. The molecular weight excluding hydrogens is 408 g/mol. The van der Waals surface area contributed by atoms with Crippen LogP contribution in [-0.2, 0) is 4.74 Å². The minimum Gasteiger partial charge on any atom is -0.484 e. The van der Waals surface area contributed by atoms with Gasteiger partial charge in [-0.15, -0.1) is 0 Å². The average Bonchev–Trinajstić information content (AvgIpc) is 2.90. The number of rotatable bonds is 6. The van der Waals surface area contributed by atoms with Crippen molar-refractivity contribution in [3.63, 3.8) is 0 Å². The highest BCUT2D eigenvalue weighted by Crippen LogP contribution is 2.45. The SMILES string of the molecule is O=Cc1ccccc1[C@H](C(=O)c1ccccc1)[C@H]1OC(c2ccccc2)=Cc2ccccc21. The molecule has 3 nitrogen and oxygen atoms in total. The molecular formula is C30H22O3. The van der Waals surface area contributed by atoms with E-state index in [0.717, 1.165) is 23.0 Å². The summed E-state index contributed by atoms with van der Waals surface area (Å²) in [5.74, 6) is -0.0740. The van der Waals surface area contributed by atoms with Gasteiger partial charge in [0.05, 0.1) is 5.92 Å². The average molecular weight is 431 g/mol. The second kappa shape index (κ2) is 9.09. The summed E-state index contributed by atoms with van der Waals surface area (Å²) in [4.78, 5) is 25.9. The molecule has 0 amide bonds. The van der Waals surface area contributed by atoms with Gasteiger partial charge in [-0.05, 0) is 17.2 Å². The lowest BCUT2D eigenvalue weighted by Crippen LogP contribution is -2.26. The fourth-order valence-corrected chi connectivity index (χ4v) is 4.40. The van der Waals surface area contributed by atoms with Crippen molar-refractivity contribution >= 4 is 23.9 Å². The van der Waals surface area contributed by atoms with E-state index in [2.05, 4.69) is 0 Å². The van der Waals surface area contributed by atoms with Crippen LogP contribution in [0.25, 0.3) is 11.8 Å². The number of Topliss-reactive ketones (excluding diaryl/α,β-unsaturated/α-hetero) is 1. The monoisotopic (exact) mass is 430 g/mol. The van der Waals surface area contributed by atoms with Crippen molar-refractivity contribution in [3.8, 4) is 0 Å². The highest BCUT2D eigenvalue weighted by atomic mass is 16.5. The van der Waals surface area contributed by atoms with Gasteiger partial charge in [0.2, 0.25) is 0 Å². The van der Waals surface area contributed by atoms with Crippen molar-refractivity contribution in [2.24, 2.45) is 0 Å². The zero-order chi connectivity index (χ0) is 22.6. The Labute approximate surface area is 193 Å². The van der Waals surface area contributed by atoms with Gasteiger partial charge in [0.25, 0.3) is 0 Å². The molecule has 0 fully saturated rings. The van der Waals surface area contributed by atoms with Crippen molar-refractivity contribution in [2.75, 3.05) is 0 Å². The van der Waals surface area contributed by atoms with Crippen molar-refractivity contribution in [1.82, 2.24) is 0 Å². The maximum absolute atomic E-state index is 14.0. The van der Waals surface area contributed by atoms with Gasteiger partial charge < -0.3 is 4.74 Å². The molecule has 3 heteroatoms. The Balaban J connectivity index is 1.69. The van der Waals surface area contributed by atoms with Gasteiger partial charge in [0.15, 0.2) is 5.78 Å². The fraction of sp³-hybridized carbons (Fsp3) is 0.0667. The Morgan fingerprint density at radius 1 is 0.758 bits per heavy atom. The smallest absolute Gasteiger partial charge is 0.174 e. The van der Waals surface area contributed by atoms with Crippen LogP contribution in [0.3, 0.4) is 0 Å². The maximum Gasteiger partial charge on any atom is 0.174 e. The van der Waals surface area contributed by atoms with Gasteiger partial charge in [-0.3, -0.25) is 9.59 Å². The highest BCUT2D eigenvalue weighted by Gasteiger charge is 2.38. The first-order valence-electron chi connectivity index (χ1n) is 10.9. The quantitative estimate of drug-likeness (QED) is 0.251. The Morgan fingerprint density at radius 2 is 1.39 bits per heavy atom. The summed E-state index contributed by atoms with van der Waals surface area (Å²) in [5, 5.41) is 0. The third kappa shape index (κ3) is 4.01. The van der Waals surface area contributed by atoms with E-state index in [-0.39, 0.29) is 5.78 Å². The number of aldehydes is 1. The molecule has 0 N–H and O–H groups in total. The molecule has 1 heterocycles. The number of hydrogen-bond donors (Lipinski definition) is 0. The molecule has 0 saturated carbocycles. The van der Waals surface area contributed by atoms with E-state index in [0.29, 0.717) is 22.4 Å². The third-order valence-electron chi connectivity index (χ3n) is 6.00. The maximum atomic E-state index is 14.0. The van der Waals surface area contributed by atoms with E-state index < -0.39 is 12.0 Å². The Morgan fingerprint density at radius 3 is 2.15 bits per heavy atom. The van der Waals surface area contributed by atoms with E-state index in [9.17, 15) is 9.59 Å². The lowest BCUT2D eigenvalue weighted by Gasteiger charge is -2.33. The van der Waals surface area contributed by atoms with Crippen LogP contribution in [0.2, 0.25) is 0 Å². The van der Waals surface area contributed by atoms with E-state index in [4.69, 9.17) is 4.74 Å². The molecule has 1 aliphatic heterocycles. The predicted molar refractivity (Wildman–Crippen MR) is 130 cm³/mol. The van der Waals surface area contributed by atoms with Crippen LogP contribution < -0.4 is 0 Å². The summed E-state index contributed by atoms with van der Waals surface area (Å²) in [6.07, 6.45) is 2.23. The fourth-order valence-electron chi connectivity index (χ4n) is 4.40. The molecule has 0 aliphatic carbocycles. The standard InChI is InChI=1S/C30H22O3/c31-20-24-16-8-9-17-25(24)28(29(32)22-13-5-2-6-14-22)30-26-18-10-7-15-23(26)19-27(33-30)21-11-3-1-4-12-21/h1-20,28,30H/t28-,30+/m1/s1. The van der Waals surface area contributed by atoms with Crippen molar-refractivity contribution in [1.29, 1.82) is 0 Å². The number of fused-ring (bicyclic) bond motifs is 1. The Hall–Kier alpha value is -4.24. The van der Waals surface area contributed by atoms with Gasteiger partial charge in [0, 0.05) is 22.3 Å². The van der Waals surface area contributed by atoms with Gasteiger partial charge in [-0.25, -0.2) is 0 Å². The van der Waals surface area contributed by atoms with Gasteiger partial charge in [-0.1, -0.05) is 109 Å². The summed E-state index contributed by atoms with van der Waals surface area (Å²) in [6, 6.07) is 34.3. The van der Waals surface area contributed by atoms with E-state index >= 15 is 0 Å². The molecule has 0 unspecified atom stereocenters. The van der Waals surface area contributed by atoms with Crippen LogP contribution in [0, 0.1) is 0 Å². The summed E-state index contributed by atoms with van der Waals surface area (Å²) < 4.78 is 6.58. The van der Waals surface area contributed by atoms with E-state index in [1.807, 2.05) is 109 Å². The summed E-state index contributed by atoms with van der Waals surface area (Å²) in [5.41, 5.74) is 4.60. The number of carbonyl (C=O) groups is 2. The van der Waals surface area contributed by atoms with Crippen molar-refractivity contribution < 1.29 is 14.3 Å². The van der Waals surface area contributed by atoms with E-state index in [1.54, 1.807) is 6.07 Å². The zero-order valence-electron chi connectivity index (χ0n) is 17.9. The molecule has 0 radical (unpaired) electrons. The largest absolute Gasteiger partial charge is 0.484 e. The van der Waals surface area contributed by atoms with Gasteiger partial charge in [-0.2, -0.15) is 0 Å². The molecule has 160 valence electrons. The van der Waals surface area contributed by atoms with Crippen molar-refractivity contribution in [2.45, 2.75) is 12.0 Å². The highest BCUT2D eigenvalue weighted by molar-refractivity contribution is 6.03. The first kappa shape index (κ1) is 20.7. The summed E-state index contributed by atoms with van der Waals surface area (Å²) in [7, 11) is 0. The molecule has 1 aliphatic rings. The van der Waals surface area contributed by atoms with E-state index in [1.165, 1.54) is 0 Å². The molecule has 33 heavy (non-hydrogen) atoms. The zero-order valence-corrected chi connectivity index (χ0v) is 17.9. The van der Waals surface area contributed by atoms with Crippen molar-refractivity contribution in [3.05, 3.63) is 143 Å². The predicted octanol–water partition coefficient (Wildman–Crippen LogP) is 6.74. The molecule has 4 aromatic carbocycles. The van der Waals surface area contributed by atoms with Crippen LogP contribution in [0.15, 0.2) is 109 Å². The third-order valence-corrected chi connectivity index (χ3v) is 6.00. The number of ether oxygens (including phenoxy) is 1. The number of benzene rings is 4. The lowest BCUT2D eigenvalue weighted by molar-refractivity contribution is 0.0798. The van der Waals surface area contributed by atoms with Crippen LogP contribution in [0.1, 0.15) is 55.0 Å². The minimum atomic E-state index is -0.692. The second-order valence-electron chi connectivity index (χ2n) is 8.00. The second-order valence-corrected chi connectivity index (χ2v) is 8.00. The molecule has 0 aromatic heterocycles. The first-order chi connectivity index (χ1) is 16.3. The number of hydrogen-bond acceptors (Lipinski definition) is 3. The van der Waals surface area contributed by atoms with Crippen LogP contribution >= 0.6 is 0 Å².